The van der Waals surface area contributed by atoms with Crippen molar-refractivity contribution in [2.75, 3.05) is 0 Å². The van der Waals surface area contributed by atoms with E-state index in [0.717, 1.165) is 11.1 Å². The van der Waals surface area contributed by atoms with Crippen molar-refractivity contribution in [2.45, 2.75) is 19.1 Å². The molecule has 0 bridgehead atoms. The molecular weight excluding hydrogens is 190 g/mol. The number of fused-ring (bicyclic) bond motifs is 1. The van der Waals surface area contributed by atoms with Crippen LogP contribution in [0.3, 0.4) is 0 Å². The normalized spacial score (nSPS) is 23.3. The van der Waals surface area contributed by atoms with E-state index in [0.29, 0.717) is 0 Å². The van der Waals surface area contributed by atoms with Gasteiger partial charge in [0.05, 0.1) is 6.04 Å². The minimum atomic E-state index is -0.657. The van der Waals surface area contributed by atoms with Crippen LogP contribution in [0.25, 0.3) is 6.08 Å². The zero-order valence-electron chi connectivity index (χ0n) is 8.47. The molecule has 0 saturated heterocycles. The van der Waals surface area contributed by atoms with Crippen LogP contribution >= 0.6 is 0 Å². The molecule has 0 aromatic heterocycles. The smallest absolute Gasteiger partial charge is 0.217 e. The summed E-state index contributed by atoms with van der Waals surface area (Å²) in [5.41, 5.74) is 1.87. The van der Waals surface area contributed by atoms with Gasteiger partial charge in [-0.1, -0.05) is 36.4 Å². The molecule has 0 aliphatic heterocycles. The number of aliphatic hydroxyl groups excluding tert-OH is 1. The van der Waals surface area contributed by atoms with E-state index in [-0.39, 0.29) is 11.9 Å². The molecular formula is C12H13NO2. The number of carbonyl (C=O) groups is 1. The van der Waals surface area contributed by atoms with Crippen molar-refractivity contribution < 1.29 is 9.90 Å². The van der Waals surface area contributed by atoms with Gasteiger partial charge >= 0.3 is 0 Å². The first kappa shape index (κ1) is 9.93. The standard InChI is InChI=1S/C12H13NO2/c1-8(14)13-11-7-6-9-4-2-3-5-10(9)12(11)15/h2-7,11-12,15H,1H3,(H,13,14)/t11-,12-/m1/s1. The molecule has 0 heterocycles. The van der Waals surface area contributed by atoms with Crippen molar-refractivity contribution >= 4 is 12.0 Å². The van der Waals surface area contributed by atoms with Crippen LogP contribution in [0.5, 0.6) is 0 Å². The van der Waals surface area contributed by atoms with Crippen LogP contribution in [0.2, 0.25) is 0 Å². The number of aliphatic hydroxyl groups is 1. The molecule has 78 valence electrons. The summed E-state index contributed by atoms with van der Waals surface area (Å²) < 4.78 is 0. The molecule has 1 aliphatic rings. The van der Waals surface area contributed by atoms with Crippen LogP contribution in [-0.4, -0.2) is 17.1 Å². The lowest BCUT2D eigenvalue weighted by molar-refractivity contribution is -0.120. The predicted molar refractivity (Wildman–Crippen MR) is 58.0 cm³/mol. The van der Waals surface area contributed by atoms with Crippen LogP contribution in [0.1, 0.15) is 24.2 Å². The largest absolute Gasteiger partial charge is 0.386 e. The van der Waals surface area contributed by atoms with Gasteiger partial charge in [-0.05, 0) is 11.1 Å². The summed E-state index contributed by atoms with van der Waals surface area (Å²) in [5.74, 6) is -0.136. The molecule has 1 aliphatic carbocycles. The molecule has 3 heteroatoms. The molecule has 3 nitrogen and oxygen atoms in total. The van der Waals surface area contributed by atoms with Gasteiger partial charge in [-0.15, -0.1) is 0 Å². The summed E-state index contributed by atoms with van der Waals surface area (Å²) in [7, 11) is 0. The third kappa shape index (κ3) is 1.92. The average molecular weight is 203 g/mol. The lowest BCUT2D eigenvalue weighted by Gasteiger charge is -2.25. The van der Waals surface area contributed by atoms with E-state index in [4.69, 9.17) is 0 Å². The highest BCUT2D eigenvalue weighted by atomic mass is 16.3. The Morgan fingerprint density at radius 1 is 1.40 bits per heavy atom. The molecule has 1 amide bonds. The molecule has 0 fully saturated rings. The molecule has 2 atom stereocenters. The lowest BCUT2D eigenvalue weighted by atomic mass is 9.91. The van der Waals surface area contributed by atoms with E-state index >= 15 is 0 Å². The highest BCUT2D eigenvalue weighted by Gasteiger charge is 2.23. The summed E-state index contributed by atoms with van der Waals surface area (Å²) in [6.07, 6.45) is 3.08. The molecule has 2 N–H and O–H groups in total. The van der Waals surface area contributed by atoms with Crippen LogP contribution in [-0.2, 0) is 4.79 Å². The first-order chi connectivity index (χ1) is 7.18. The molecule has 15 heavy (non-hydrogen) atoms. The number of carbonyl (C=O) groups excluding carboxylic acids is 1. The van der Waals surface area contributed by atoms with Gasteiger partial charge in [0.25, 0.3) is 0 Å². The Bertz CT molecular complexity index is 412. The van der Waals surface area contributed by atoms with E-state index in [9.17, 15) is 9.90 Å². The Morgan fingerprint density at radius 3 is 2.87 bits per heavy atom. The highest BCUT2D eigenvalue weighted by molar-refractivity contribution is 5.74. The maximum Gasteiger partial charge on any atom is 0.217 e. The lowest BCUT2D eigenvalue weighted by Crippen LogP contribution is -2.37. The molecule has 0 spiro atoms. The maximum atomic E-state index is 10.9. The summed E-state index contributed by atoms with van der Waals surface area (Å²) in [5, 5.41) is 12.7. The molecule has 0 unspecified atom stereocenters. The predicted octanol–water partition coefficient (Wildman–Crippen LogP) is 1.25. The monoisotopic (exact) mass is 203 g/mol. The first-order valence-corrected chi connectivity index (χ1v) is 4.91. The minimum Gasteiger partial charge on any atom is -0.386 e. The number of nitrogens with one attached hydrogen (secondary N) is 1. The number of hydrogen-bond donors (Lipinski definition) is 2. The van der Waals surface area contributed by atoms with Gasteiger partial charge in [0.15, 0.2) is 0 Å². The Morgan fingerprint density at radius 2 is 2.13 bits per heavy atom. The Hall–Kier alpha value is -1.61. The third-order valence-corrected chi connectivity index (χ3v) is 2.51. The van der Waals surface area contributed by atoms with E-state index < -0.39 is 6.10 Å². The van der Waals surface area contributed by atoms with E-state index in [1.165, 1.54) is 6.92 Å². The minimum absolute atomic E-state index is 0.136. The van der Waals surface area contributed by atoms with Crippen molar-refractivity contribution in [3.05, 3.63) is 41.5 Å². The molecule has 2 rings (SSSR count). The zero-order valence-corrected chi connectivity index (χ0v) is 8.47. The second kappa shape index (κ2) is 3.87. The van der Waals surface area contributed by atoms with Crippen LogP contribution in [0.4, 0.5) is 0 Å². The fraction of sp³-hybridized carbons (Fsp3) is 0.250. The van der Waals surface area contributed by atoms with Gasteiger partial charge in [0.2, 0.25) is 5.91 Å². The SMILES string of the molecule is CC(=O)N[C@@H]1C=Cc2ccccc2[C@H]1O. The quantitative estimate of drug-likeness (QED) is 0.721. The van der Waals surface area contributed by atoms with Gasteiger partial charge in [-0.2, -0.15) is 0 Å². The van der Waals surface area contributed by atoms with Gasteiger partial charge in [-0.25, -0.2) is 0 Å². The summed E-state index contributed by atoms with van der Waals surface area (Å²) in [6.45, 7) is 1.45. The number of hydrogen-bond acceptors (Lipinski definition) is 2. The fourth-order valence-electron chi connectivity index (χ4n) is 1.80. The Labute approximate surface area is 88.4 Å². The molecule has 0 saturated carbocycles. The maximum absolute atomic E-state index is 10.9. The van der Waals surface area contributed by atoms with Crippen molar-refractivity contribution in [1.29, 1.82) is 0 Å². The van der Waals surface area contributed by atoms with E-state index in [2.05, 4.69) is 5.32 Å². The van der Waals surface area contributed by atoms with Gasteiger partial charge in [-0.3, -0.25) is 4.79 Å². The first-order valence-electron chi connectivity index (χ1n) is 4.91. The molecule has 0 radical (unpaired) electrons. The zero-order chi connectivity index (χ0) is 10.8. The van der Waals surface area contributed by atoms with Crippen LogP contribution in [0.15, 0.2) is 30.3 Å². The van der Waals surface area contributed by atoms with Crippen molar-refractivity contribution in [3.8, 4) is 0 Å². The summed E-state index contributed by atoms with van der Waals surface area (Å²) >= 11 is 0. The fourth-order valence-corrected chi connectivity index (χ4v) is 1.80. The average Bonchev–Trinajstić information content (AvgIpc) is 2.22. The van der Waals surface area contributed by atoms with E-state index in [1.807, 2.05) is 36.4 Å². The van der Waals surface area contributed by atoms with Crippen LogP contribution in [0, 0.1) is 0 Å². The summed E-state index contributed by atoms with van der Waals surface area (Å²) in [6, 6.07) is 7.30. The number of rotatable bonds is 1. The van der Waals surface area contributed by atoms with Crippen LogP contribution < -0.4 is 5.32 Å². The second-order valence-electron chi connectivity index (χ2n) is 3.66. The van der Waals surface area contributed by atoms with Gasteiger partial charge in [0, 0.05) is 6.92 Å². The molecule has 1 aromatic carbocycles. The summed E-state index contributed by atoms with van der Waals surface area (Å²) in [4.78, 5) is 10.9. The molecule has 1 aromatic rings. The Balaban J connectivity index is 2.29. The highest BCUT2D eigenvalue weighted by Crippen LogP contribution is 2.27. The number of amides is 1. The van der Waals surface area contributed by atoms with Crippen molar-refractivity contribution in [2.24, 2.45) is 0 Å². The third-order valence-electron chi connectivity index (χ3n) is 2.51. The van der Waals surface area contributed by atoms with E-state index in [1.54, 1.807) is 0 Å². The topological polar surface area (TPSA) is 49.3 Å². The number of benzene rings is 1. The van der Waals surface area contributed by atoms with Gasteiger partial charge < -0.3 is 10.4 Å². The second-order valence-corrected chi connectivity index (χ2v) is 3.66. The Kier molecular flexibility index (Phi) is 2.56. The van der Waals surface area contributed by atoms with Crippen molar-refractivity contribution in [1.82, 2.24) is 5.32 Å². The van der Waals surface area contributed by atoms with Gasteiger partial charge in [0.1, 0.15) is 6.10 Å². The van der Waals surface area contributed by atoms with Crippen molar-refractivity contribution in [3.63, 3.8) is 0 Å².